The van der Waals surface area contributed by atoms with E-state index in [0.29, 0.717) is 0 Å². The summed E-state index contributed by atoms with van der Waals surface area (Å²) in [5, 5.41) is 5.52. The van der Waals surface area contributed by atoms with Crippen LogP contribution in [0.3, 0.4) is 0 Å². The second-order valence-corrected chi connectivity index (χ2v) is 6.20. The van der Waals surface area contributed by atoms with E-state index in [1.807, 2.05) is 11.3 Å². The number of thiophene rings is 1. The minimum atomic E-state index is 1.33. The van der Waals surface area contributed by atoms with Crippen LogP contribution < -0.4 is 0 Å². The Bertz CT molecular complexity index is 929. The Hall–Kier alpha value is -1.86. The lowest BCUT2D eigenvalue weighted by atomic mass is 10.0. The molecule has 4 aromatic rings. The van der Waals surface area contributed by atoms with E-state index in [2.05, 4.69) is 62.4 Å². The topological polar surface area (TPSA) is 0 Å². The molecule has 0 aliphatic rings. The SMILES string of the molecule is Cc1ccc2c(sc3ccc4ccccc4c32)c1C. The highest BCUT2D eigenvalue weighted by atomic mass is 32.1. The Morgan fingerprint density at radius 2 is 1.63 bits per heavy atom. The summed E-state index contributed by atoms with van der Waals surface area (Å²) in [6, 6.07) is 17.7. The zero-order chi connectivity index (χ0) is 13.0. The summed E-state index contributed by atoms with van der Waals surface area (Å²) in [7, 11) is 0. The largest absolute Gasteiger partial charge is 0.135 e. The third-order valence-electron chi connectivity index (χ3n) is 4.05. The zero-order valence-electron chi connectivity index (χ0n) is 11.0. The minimum Gasteiger partial charge on any atom is -0.135 e. The second kappa shape index (κ2) is 3.82. The average Bonchev–Trinajstić information content (AvgIpc) is 2.83. The predicted molar refractivity (Wildman–Crippen MR) is 86.3 cm³/mol. The van der Waals surface area contributed by atoms with Gasteiger partial charge in [0.1, 0.15) is 0 Å². The smallest absolute Gasteiger partial charge is 0.0387 e. The molecule has 19 heavy (non-hydrogen) atoms. The second-order valence-electron chi connectivity index (χ2n) is 5.15. The number of benzene rings is 3. The van der Waals surface area contributed by atoms with Gasteiger partial charge in [-0.15, -0.1) is 11.3 Å². The quantitative estimate of drug-likeness (QED) is 0.374. The van der Waals surface area contributed by atoms with Crippen molar-refractivity contribution in [2.24, 2.45) is 0 Å². The first-order valence-corrected chi connectivity index (χ1v) is 7.37. The zero-order valence-corrected chi connectivity index (χ0v) is 11.8. The van der Waals surface area contributed by atoms with E-state index in [4.69, 9.17) is 0 Å². The van der Waals surface area contributed by atoms with Gasteiger partial charge in [-0.1, -0.05) is 42.5 Å². The molecule has 0 atom stereocenters. The maximum atomic E-state index is 2.28. The Labute approximate surface area is 116 Å². The summed E-state index contributed by atoms with van der Waals surface area (Å²) in [6.45, 7) is 4.42. The summed E-state index contributed by atoms with van der Waals surface area (Å²) in [5.74, 6) is 0. The average molecular weight is 262 g/mol. The summed E-state index contributed by atoms with van der Waals surface area (Å²) >= 11 is 1.92. The third-order valence-corrected chi connectivity index (χ3v) is 5.34. The molecule has 0 amide bonds. The number of hydrogen-bond donors (Lipinski definition) is 0. The summed E-state index contributed by atoms with van der Waals surface area (Å²) in [4.78, 5) is 0. The van der Waals surface area contributed by atoms with Crippen LogP contribution in [0.1, 0.15) is 11.1 Å². The summed E-state index contributed by atoms with van der Waals surface area (Å²) in [6.07, 6.45) is 0. The first kappa shape index (κ1) is 11.0. The van der Waals surface area contributed by atoms with Crippen LogP contribution in [0.2, 0.25) is 0 Å². The molecule has 1 heterocycles. The molecule has 0 N–H and O–H groups in total. The lowest BCUT2D eigenvalue weighted by Crippen LogP contribution is -1.79. The van der Waals surface area contributed by atoms with Crippen molar-refractivity contribution in [3.05, 3.63) is 59.7 Å². The molecule has 0 unspecified atom stereocenters. The van der Waals surface area contributed by atoms with Gasteiger partial charge in [0, 0.05) is 20.2 Å². The van der Waals surface area contributed by atoms with E-state index in [9.17, 15) is 0 Å². The number of hydrogen-bond acceptors (Lipinski definition) is 1. The van der Waals surface area contributed by atoms with Gasteiger partial charge < -0.3 is 0 Å². The van der Waals surface area contributed by atoms with Crippen molar-refractivity contribution >= 4 is 42.3 Å². The van der Waals surface area contributed by atoms with E-state index in [-0.39, 0.29) is 0 Å². The summed E-state index contributed by atoms with van der Waals surface area (Å²) < 4.78 is 2.83. The van der Waals surface area contributed by atoms with Crippen molar-refractivity contribution in [2.75, 3.05) is 0 Å². The van der Waals surface area contributed by atoms with Crippen LogP contribution in [-0.4, -0.2) is 0 Å². The highest BCUT2D eigenvalue weighted by Gasteiger charge is 2.10. The van der Waals surface area contributed by atoms with Crippen LogP contribution in [0, 0.1) is 13.8 Å². The van der Waals surface area contributed by atoms with Crippen molar-refractivity contribution in [3.8, 4) is 0 Å². The molecule has 0 aliphatic carbocycles. The molecule has 1 aromatic heterocycles. The lowest BCUT2D eigenvalue weighted by molar-refractivity contribution is 1.39. The fourth-order valence-electron chi connectivity index (χ4n) is 2.84. The molecule has 0 spiro atoms. The van der Waals surface area contributed by atoms with Gasteiger partial charge in [-0.05, 0) is 41.8 Å². The van der Waals surface area contributed by atoms with Crippen LogP contribution >= 0.6 is 11.3 Å². The Morgan fingerprint density at radius 1 is 0.789 bits per heavy atom. The van der Waals surface area contributed by atoms with Gasteiger partial charge in [-0.25, -0.2) is 0 Å². The first-order chi connectivity index (χ1) is 9.25. The van der Waals surface area contributed by atoms with Crippen molar-refractivity contribution in [3.63, 3.8) is 0 Å². The summed E-state index contributed by atoms with van der Waals surface area (Å²) in [5.41, 5.74) is 2.80. The standard InChI is InChI=1S/C18H14S/c1-11-7-9-15-17-14-6-4-3-5-13(14)8-10-16(17)19-18(15)12(11)2/h3-10H,1-2H3. The Morgan fingerprint density at radius 3 is 2.53 bits per heavy atom. The number of rotatable bonds is 0. The van der Waals surface area contributed by atoms with E-state index in [0.717, 1.165) is 0 Å². The van der Waals surface area contributed by atoms with E-state index < -0.39 is 0 Å². The van der Waals surface area contributed by atoms with Gasteiger partial charge in [0.2, 0.25) is 0 Å². The Kier molecular flexibility index (Phi) is 2.21. The van der Waals surface area contributed by atoms with Crippen LogP contribution in [0.15, 0.2) is 48.5 Å². The van der Waals surface area contributed by atoms with E-state index in [1.165, 1.54) is 42.1 Å². The maximum Gasteiger partial charge on any atom is 0.0387 e. The molecule has 92 valence electrons. The third kappa shape index (κ3) is 1.45. The van der Waals surface area contributed by atoms with Gasteiger partial charge in [0.15, 0.2) is 0 Å². The van der Waals surface area contributed by atoms with Gasteiger partial charge in [-0.3, -0.25) is 0 Å². The van der Waals surface area contributed by atoms with Gasteiger partial charge >= 0.3 is 0 Å². The van der Waals surface area contributed by atoms with Gasteiger partial charge in [0.05, 0.1) is 0 Å². The van der Waals surface area contributed by atoms with Crippen LogP contribution in [0.5, 0.6) is 0 Å². The molecule has 0 aliphatic heterocycles. The predicted octanol–water partition coefficient (Wildman–Crippen LogP) is 5.82. The van der Waals surface area contributed by atoms with Crippen molar-refractivity contribution < 1.29 is 0 Å². The van der Waals surface area contributed by atoms with Crippen LogP contribution in [-0.2, 0) is 0 Å². The normalized spacial score (nSPS) is 11.7. The monoisotopic (exact) mass is 262 g/mol. The number of aryl methyl sites for hydroxylation is 2. The molecule has 1 heteroatoms. The molecule has 0 nitrogen and oxygen atoms in total. The molecule has 0 saturated heterocycles. The minimum absolute atomic E-state index is 1.33. The lowest BCUT2D eigenvalue weighted by Gasteiger charge is -2.02. The molecule has 0 bridgehead atoms. The van der Waals surface area contributed by atoms with Crippen molar-refractivity contribution in [1.82, 2.24) is 0 Å². The first-order valence-electron chi connectivity index (χ1n) is 6.56. The fourth-order valence-corrected chi connectivity index (χ4v) is 4.11. The molecule has 3 aromatic carbocycles. The van der Waals surface area contributed by atoms with Gasteiger partial charge in [-0.2, -0.15) is 0 Å². The molecular weight excluding hydrogens is 248 g/mol. The highest BCUT2D eigenvalue weighted by molar-refractivity contribution is 7.26. The molecule has 0 saturated carbocycles. The molecular formula is C18H14S. The van der Waals surface area contributed by atoms with Crippen LogP contribution in [0.25, 0.3) is 30.9 Å². The van der Waals surface area contributed by atoms with Crippen molar-refractivity contribution in [1.29, 1.82) is 0 Å². The van der Waals surface area contributed by atoms with E-state index >= 15 is 0 Å². The van der Waals surface area contributed by atoms with Crippen LogP contribution in [0.4, 0.5) is 0 Å². The van der Waals surface area contributed by atoms with E-state index in [1.54, 1.807) is 0 Å². The van der Waals surface area contributed by atoms with Gasteiger partial charge in [0.25, 0.3) is 0 Å². The van der Waals surface area contributed by atoms with Crippen molar-refractivity contribution in [2.45, 2.75) is 13.8 Å². The molecule has 0 fully saturated rings. The number of fused-ring (bicyclic) bond motifs is 5. The maximum absolute atomic E-state index is 2.28. The molecule has 0 radical (unpaired) electrons. The fraction of sp³-hybridized carbons (Fsp3) is 0.111. The Balaban J connectivity index is 2.34. The molecule has 4 rings (SSSR count). The highest BCUT2D eigenvalue weighted by Crippen LogP contribution is 2.40.